The molecule has 4 rings (SSSR count). The van der Waals surface area contributed by atoms with Crippen LogP contribution in [-0.2, 0) is 17.8 Å². The van der Waals surface area contributed by atoms with Crippen LogP contribution in [0.1, 0.15) is 36.2 Å². The number of nitrogens with zero attached hydrogens (tertiary/aromatic N) is 3. The van der Waals surface area contributed by atoms with Gasteiger partial charge < -0.3 is 14.6 Å². The van der Waals surface area contributed by atoms with Crippen LogP contribution >= 0.6 is 11.3 Å². The first-order chi connectivity index (χ1) is 13.1. The summed E-state index contributed by atoms with van der Waals surface area (Å²) in [5.41, 5.74) is 0. The lowest BCUT2D eigenvalue weighted by Crippen LogP contribution is -2.43. The summed E-state index contributed by atoms with van der Waals surface area (Å²) in [7, 11) is 0. The van der Waals surface area contributed by atoms with E-state index in [4.69, 9.17) is 4.42 Å². The number of thiophene rings is 1. The van der Waals surface area contributed by atoms with E-state index in [1.165, 1.54) is 4.88 Å². The molecule has 0 unspecified atom stereocenters. The number of aryl methyl sites for hydroxylation is 2. The highest BCUT2D eigenvalue weighted by molar-refractivity contribution is 7.18. The Bertz CT molecular complexity index is 949. The molecular weight excluding hydrogens is 360 g/mol. The predicted molar refractivity (Wildman–Crippen MR) is 107 cm³/mol. The summed E-state index contributed by atoms with van der Waals surface area (Å²) in [5.74, 6) is 2.65. The van der Waals surface area contributed by atoms with Gasteiger partial charge in [0.2, 0.25) is 5.91 Å². The van der Waals surface area contributed by atoms with Crippen LogP contribution in [0.5, 0.6) is 0 Å². The number of aromatic nitrogens is 2. The number of carbonyl (C=O) groups excluding carboxylic acids is 1. The highest BCUT2D eigenvalue weighted by atomic mass is 32.1. The first-order valence-electron chi connectivity index (χ1n) is 9.45. The second-order valence-corrected chi connectivity index (χ2v) is 8.11. The lowest BCUT2D eigenvalue weighted by Gasteiger charge is -2.33. The first kappa shape index (κ1) is 18.0. The number of hydrogen-bond donors (Lipinski definition) is 1. The van der Waals surface area contributed by atoms with Crippen molar-refractivity contribution < 1.29 is 9.21 Å². The molecule has 27 heavy (non-hydrogen) atoms. The minimum absolute atomic E-state index is 0.0379. The second-order valence-electron chi connectivity index (χ2n) is 7.00. The van der Waals surface area contributed by atoms with Crippen LogP contribution in [0.2, 0.25) is 0 Å². The monoisotopic (exact) mass is 384 g/mol. The standard InChI is InChI=1S/C20H24N4O2S/c1-3-16-9-17-18(22-12-23-20(17)27-16)24-8-4-5-14(11-24)19(25)21-10-15-7-6-13(2)26-15/h6-7,9,12,14H,3-5,8,10-11H2,1-2H3,(H,21,25)/t14-/m1/s1. The van der Waals surface area contributed by atoms with Crippen LogP contribution in [0, 0.1) is 12.8 Å². The van der Waals surface area contributed by atoms with E-state index in [0.717, 1.165) is 53.4 Å². The van der Waals surface area contributed by atoms with Crippen molar-refractivity contribution in [2.24, 2.45) is 5.92 Å². The van der Waals surface area contributed by atoms with Crippen molar-refractivity contribution in [3.63, 3.8) is 0 Å². The quantitative estimate of drug-likeness (QED) is 0.726. The minimum Gasteiger partial charge on any atom is -0.465 e. The fourth-order valence-electron chi connectivity index (χ4n) is 3.60. The second kappa shape index (κ2) is 7.68. The maximum atomic E-state index is 12.7. The average molecular weight is 385 g/mol. The lowest BCUT2D eigenvalue weighted by molar-refractivity contribution is -0.125. The average Bonchev–Trinajstić information content (AvgIpc) is 3.31. The molecule has 1 saturated heterocycles. The first-order valence-corrected chi connectivity index (χ1v) is 10.3. The summed E-state index contributed by atoms with van der Waals surface area (Å²) < 4.78 is 5.53. The molecule has 6 nitrogen and oxygen atoms in total. The molecule has 1 N–H and O–H groups in total. The van der Waals surface area contributed by atoms with Gasteiger partial charge in [0, 0.05) is 18.0 Å². The number of hydrogen-bond acceptors (Lipinski definition) is 6. The maximum Gasteiger partial charge on any atom is 0.225 e. The summed E-state index contributed by atoms with van der Waals surface area (Å²) in [6, 6.07) is 6.01. The summed E-state index contributed by atoms with van der Waals surface area (Å²) in [6.45, 7) is 6.10. The van der Waals surface area contributed by atoms with Crippen molar-refractivity contribution in [3.8, 4) is 0 Å². The molecular formula is C20H24N4O2S. The Morgan fingerprint density at radius 2 is 2.30 bits per heavy atom. The van der Waals surface area contributed by atoms with E-state index in [0.29, 0.717) is 13.1 Å². The molecule has 3 aromatic heterocycles. The number of piperidine rings is 1. The Morgan fingerprint density at radius 3 is 3.07 bits per heavy atom. The van der Waals surface area contributed by atoms with E-state index in [1.54, 1.807) is 17.7 Å². The molecule has 3 aromatic rings. The van der Waals surface area contributed by atoms with Gasteiger partial charge in [0.15, 0.2) is 0 Å². The smallest absolute Gasteiger partial charge is 0.225 e. The van der Waals surface area contributed by atoms with Crippen molar-refractivity contribution in [2.45, 2.75) is 39.7 Å². The topological polar surface area (TPSA) is 71.3 Å². The third-order valence-electron chi connectivity index (χ3n) is 5.03. The summed E-state index contributed by atoms with van der Waals surface area (Å²) in [5, 5.41) is 4.12. The van der Waals surface area contributed by atoms with Crippen LogP contribution in [-0.4, -0.2) is 29.0 Å². The highest BCUT2D eigenvalue weighted by Crippen LogP contribution is 2.32. The molecule has 142 valence electrons. The van der Waals surface area contributed by atoms with Crippen molar-refractivity contribution in [1.82, 2.24) is 15.3 Å². The van der Waals surface area contributed by atoms with Gasteiger partial charge in [-0.3, -0.25) is 4.79 Å². The van der Waals surface area contributed by atoms with Gasteiger partial charge in [0.1, 0.15) is 28.5 Å². The van der Waals surface area contributed by atoms with Gasteiger partial charge >= 0.3 is 0 Å². The molecule has 1 fully saturated rings. The minimum atomic E-state index is -0.0379. The van der Waals surface area contributed by atoms with Crippen LogP contribution in [0.3, 0.4) is 0 Å². The zero-order valence-electron chi connectivity index (χ0n) is 15.7. The Hall–Kier alpha value is -2.41. The number of nitrogens with one attached hydrogen (secondary N) is 1. The van der Waals surface area contributed by atoms with Crippen molar-refractivity contribution >= 4 is 33.3 Å². The SMILES string of the molecule is CCc1cc2c(N3CCC[C@@H](C(=O)NCc4ccc(C)o4)C3)ncnc2s1. The number of carbonyl (C=O) groups is 1. The van der Waals surface area contributed by atoms with Crippen molar-refractivity contribution in [2.75, 3.05) is 18.0 Å². The van der Waals surface area contributed by atoms with E-state index in [2.05, 4.69) is 33.2 Å². The molecule has 7 heteroatoms. The Kier molecular flexibility index (Phi) is 5.11. The summed E-state index contributed by atoms with van der Waals surface area (Å²) in [4.78, 5) is 26.2. The number of rotatable bonds is 5. The van der Waals surface area contributed by atoms with Gasteiger partial charge in [-0.1, -0.05) is 6.92 Å². The summed E-state index contributed by atoms with van der Waals surface area (Å²) >= 11 is 1.72. The van der Waals surface area contributed by atoms with Crippen molar-refractivity contribution in [3.05, 3.63) is 40.9 Å². The van der Waals surface area contributed by atoms with Gasteiger partial charge in [-0.2, -0.15) is 0 Å². The van der Waals surface area contributed by atoms with Crippen molar-refractivity contribution in [1.29, 1.82) is 0 Å². The molecule has 1 aliphatic heterocycles. The molecule has 0 bridgehead atoms. The molecule has 0 aromatic carbocycles. The number of anilines is 1. The number of amides is 1. The van der Waals surface area contributed by atoms with Gasteiger partial charge in [0.25, 0.3) is 0 Å². The molecule has 4 heterocycles. The third kappa shape index (κ3) is 3.83. The number of furan rings is 1. The van der Waals surface area contributed by atoms with Gasteiger partial charge in [-0.15, -0.1) is 11.3 Å². The maximum absolute atomic E-state index is 12.7. The number of fused-ring (bicyclic) bond motifs is 1. The molecule has 0 saturated carbocycles. The van der Waals surface area contributed by atoms with Gasteiger partial charge in [-0.25, -0.2) is 9.97 Å². The Morgan fingerprint density at radius 1 is 1.41 bits per heavy atom. The molecule has 0 aliphatic carbocycles. The van der Waals surface area contributed by atoms with Crippen LogP contribution < -0.4 is 10.2 Å². The molecule has 1 aliphatic rings. The van der Waals surface area contributed by atoms with E-state index >= 15 is 0 Å². The fourth-order valence-corrected chi connectivity index (χ4v) is 4.53. The van der Waals surface area contributed by atoms with E-state index in [1.807, 2.05) is 19.1 Å². The predicted octanol–water partition coefficient (Wildman–Crippen LogP) is 3.69. The van der Waals surface area contributed by atoms with Gasteiger partial charge in [-0.05, 0) is 44.4 Å². The Labute approximate surface area is 162 Å². The summed E-state index contributed by atoms with van der Waals surface area (Å²) in [6.07, 6.45) is 4.51. The third-order valence-corrected chi connectivity index (χ3v) is 6.22. The molecule has 0 radical (unpaired) electrons. The zero-order valence-corrected chi connectivity index (χ0v) is 16.5. The van der Waals surface area contributed by atoms with Crippen LogP contribution in [0.4, 0.5) is 5.82 Å². The van der Waals surface area contributed by atoms with E-state index in [-0.39, 0.29) is 11.8 Å². The van der Waals surface area contributed by atoms with E-state index < -0.39 is 0 Å². The fraction of sp³-hybridized carbons (Fsp3) is 0.450. The lowest BCUT2D eigenvalue weighted by atomic mass is 9.97. The van der Waals surface area contributed by atoms with Crippen LogP contribution in [0.15, 0.2) is 28.9 Å². The highest BCUT2D eigenvalue weighted by Gasteiger charge is 2.27. The van der Waals surface area contributed by atoms with E-state index in [9.17, 15) is 4.79 Å². The van der Waals surface area contributed by atoms with Gasteiger partial charge in [0.05, 0.1) is 17.8 Å². The molecule has 1 amide bonds. The largest absolute Gasteiger partial charge is 0.465 e. The molecule has 0 spiro atoms. The van der Waals surface area contributed by atoms with Crippen LogP contribution in [0.25, 0.3) is 10.2 Å². The normalized spacial score (nSPS) is 17.4. The zero-order chi connectivity index (χ0) is 18.8. The Balaban J connectivity index is 1.46. The molecule has 1 atom stereocenters.